The zero-order valence-corrected chi connectivity index (χ0v) is 5.93. The summed E-state index contributed by atoms with van der Waals surface area (Å²) < 4.78 is 4.90. The highest BCUT2D eigenvalue weighted by Crippen LogP contribution is 2.53. The lowest BCUT2D eigenvalue weighted by molar-refractivity contribution is -0.145. The first-order valence-corrected chi connectivity index (χ1v) is 3.74. The van der Waals surface area contributed by atoms with E-state index in [9.17, 15) is 4.79 Å². The standard InChI is InChI=1S/C7H10O4/c8-6(9)4-3-1-2-11-7(10)5(3)4/h3-5,7,10H,1-2H2,(H,8,9). The molecule has 11 heavy (non-hydrogen) atoms. The Kier molecular flexibility index (Phi) is 1.40. The van der Waals surface area contributed by atoms with E-state index < -0.39 is 12.3 Å². The number of carboxylic acids is 1. The molecule has 2 rings (SSSR count). The fourth-order valence-corrected chi connectivity index (χ4v) is 1.95. The van der Waals surface area contributed by atoms with E-state index in [0.29, 0.717) is 6.61 Å². The lowest BCUT2D eigenvalue weighted by atomic mass is 10.2. The van der Waals surface area contributed by atoms with Gasteiger partial charge in [-0.1, -0.05) is 0 Å². The first-order valence-electron chi connectivity index (χ1n) is 3.74. The van der Waals surface area contributed by atoms with Crippen molar-refractivity contribution in [2.24, 2.45) is 17.8 Å². The molecule has 2 fully saturated rings. The van der Waals surface area contributed by atoms with Gasteiger partial charge in [0.25, 0.3) is 0 Å². The summed E-state index contributed by atoms with van der Waals surface area (Å²) in [4.78, 5) is 10.5. The smallest absolute Gasteiger partial charge is 0.307 e. The van der Waals surface area contributed by atoms with Gasteiger partial charge in [-0.2, -0.15) is 0 Å². The zero-order chi connectivity index (χ0) is 8.01. The second-order valence-electron chi connectivity index (χ2n) is 3.16. The Morgan fingerprint density at radius 3 is 2.82 bits per heavy atom. The monoisotopic (exact) mass is 158 g/mol. The minimum absolute atomic E-state index is 0.138. The van der Waals surface area contributed by atoms with E-state index in [2.05, 4.69) is 0 Å². The molecule has 0 aromatic heterocycles. The summed E-state index contributed by atoms with van der Waals surface area (Å²) in [5.41, 5.74) is 0. The maximum absolute atomic E-state index is 10.5. The Bertz CT molecular complexity index is 191. The average Bonchev–Trinajstić information content (AvgIpc) is 2.62. The highest BCUT2D eigenvalue weighted by molar-refractivity contribution is 5.74. The predicted molar refractivity (Wildman–Crippen MR) is 34.7 cm³/mol. The molecule has 4 unspecified atom stereocenters. The van der Waals surface area contributed by atoms with E-state index in [1.807, 2.05) is 0 Å². The number of hydrogen-bond acceptors (Lipinski definition) is 3. The molecule has 62 valence electrons. The third-order valence-corrected chi connectivity index (χ3v) is 2.58. The molecule has 0 aromatic rings. The summed E-state index contributed by atoms with van der Waals surface area (Å²) in [5.74, 6) is -1.13. The molecule has 2 N–H and O–H groups in total. The van der Waals surface area contributed by atoms with Gasteiger partial charge in [-0.25, -0.2) is 0 Å². The van der Waals surface area contributed by atoms with Crippen LogP contribution in [0.4, 0.5) is 0 Å². The van der Waals surface area contributed by atoms with Gasteiger partial charge in [0.1, 0.15) is 0 Å². The molecule has 0 bridgehead atoms. The Morgan fingerprint density at radius 2 is 2.27 bits per heavy atom. The molecule has 0 radical (unpaired) electrons. The van der Waals surface area contributed by atoms with Gasteiger partial charge in [0, 0.05) is 5.92 Å². The largest absolute Gasteiger partial charge is 0.481 e. The van der Waals surface area contributed by atoms with Crippen LogP contribution in [0.25, 0.3) is 0 Å². The molecule has 1 heterocycles. The molecule has 1 aliphatic carbocycles. The van der Waals surface area contributed by atoms with Crippen molar-refractivity contribution in [3.8, 4) is 0 Å². The summed E-state index contributed by atoms with van der Waals surface area (Å²) >= 11 is 0. The SMILES string of the molecule is O=C(O)C1C2CCOC(O)C21. The molecule has 4 heteroatoms. The third kappa shape index (κ3) is 0.937. The second-order valence-corrected chi connectivity index (χ2v) is 3.16. The number of carboxylic acid groups (broad SMARTS) is 1. The number of fused-ring (bicyclic) bond motifs is 1. The minimum atomic E-state index is -0.838. The van der Waals surface area contributed by atoms with Crippen LogP contribution in [-0.4, -0.2) is 29.1 Å². The average molecular weight is 158 g/mol. The Hall–Kier alpha value is -0.610. The van der Waals surface area contributed by atoms with Gasteiger partial charge in [0.2, 0.25) is 0 Å². The maximum atomic E-state index is 10.5. The normalized spacial score (nSPS) is 48.1. The van der Waals surface area contributed by atoms with Crippen molar-refractivity contribution >= 4 is 5.97 Å². The Balaban J connectivity index is 2.05. The maximum Gasteiger partial charge on any atom is 0.307 e. The number of aliphatic carboxylic acids is 1. The molecule has 1 saturated heterocycles. The molecule has 4 nitrogen and oxygen atoms in total. The van der Waals surface area contributed by atoms with Gasteiger partial charge in [0.05, 0.1) is 12.5 Å². The van der Waals surface area contributed by atoms with E-state index in [1.54, 1.807) is 0 Å². The molecule has 4 atom stereocenters. The van der Waals surface area contributed by atoms with Crippen molar-refractivity contribution in [3.63, 3.8) is 0 Å². The van der Waals surface area contributed by atoms with E-state index in [-0.39, 0.29) is 17.8 Å². The summed E-state index contributed by atoms with van der Waals surface area (Å²) in [5, 5.41) is 17.8. The van der Waals surface area contributed by atoms with Crippen LogP contribution < -0.4 is 0 Å². The van der Waals surface area contributed by atoms with E-state index in [1.165, 1.54) is 0 Å². The summed E-state index contributed by atoms with van der Waals surface area (Å²) in [6.45, 7) is 0.492. The van der Waals surface area contributed by atoms with Crippen molar-refractivity contribution < 1.29 is 19.7 Å². The fourth-order valence-electron chi connectivity index (χ4n) is 1.95. The molecule has 0 amide bonds. The summed E-state index contributed by atoms with van der Waals surface area (Å²) in [6.07, 6.45) is -0.0616. The zero-order valence-electron chi connectivity index (χ0n) is 5.93. The molecule has 0 spiro atoms. The van der Waals surface area contributed by atoms with Crippen LogP contribution in [0.1, 0.15) is 6.42 Å². The van der Waals surface area contributed by atoms with Gasteiger partial charge >= 0.3 is 5.97 Å². The fraction of sp³-hybridized carbons (Fsp3) is 0.857. The van der Waals surface area contributed by atoms with Crippen LogP contribution in [0.5, 0.6) is 0 Å². The lowest BCUT2D eigenvalue weighted by Crippen LogP contribution is -2.21. The van der Waals surface area contributed by atoms with Crippen molar-refractivity contribution in [1.82, 2.24) is 0 Å². The Labute approximate surface area is 63.8 Å². The van der Waals surface area contributed by atoms with Crippen LogP contribution >= 0.6 is 0 Å². The van der Waals surface area contributed by atoms with Crippen molar-refractivity contribution in [3.05, 3.63) is 0 Å². The minimum Gasteiger partial charge on any atom is -0.481 e. The van der Waals surface area contributed by atoms with E-state index >= 15 is 0 Å². The molecule has 1 aliphatic heterocycles. The van der Waals surface area contributed by atoms with E-state index in [0.717, 1.165) is 6.42 Å². The van der Waals surface area contributed by atoms with Crippen LogP contribution in [0.15, 0.2) is 0 Å². The first kappa shape index (κ1) is 7.06. The van der Waals surface area contributed by atoms with Crippen molar-refractivity contribution in [2.75, 3.05) is 6.61 Å². The number of carbonyl (C=O) groups is 1. The van der Waals surface area contributed by atoms with Crippen molar-refractivity contribution in [1.29, 1.82) is 0 Å². The van der Waals surface area contributed by atoms with Crippen molar-refractivity contribution in [2.45, 2.75) is 12.7 Å². The van der Waals surface area contributed by atoms with Gasteiger partial charge in [-0.3, -0.25) is 4.79 Å². The molecular formula is C7H10O4. The predicted octanol–water partition coefficient (Wildman–Crippen LogP) is -0.328. The van der Waals surface area contributed by atoms with E-state index in [4.69, 9.17) is 14.9 Å². The first-order chi connectivity index (χ1) is 5.22. The Morgan fingerprint density at radius 1 is 1.55 bits per heavy atom. The van der Waals surface area contributed by atoms with Gasteiger partial charge < -0.3 is 14.9 Å². The van der Waals surface area contributed by atoms with Gasteiger partial charge in [-0.15, -0.1) is 0 Å². The van der Waals surface area contributed by atoms with Gasteiger partial charge in [0.15, 0.2) is 6.29 Å². The molecule has 2 aliphatic rings. The second kappa shape index (κ2) is 2.19. The quantitative estimate of drug-likeness (QED) is 0.548. The number of ether oxygens (including phenoxy) is 1. The number of aliphatic hydroxyl groups is 1. The molecular weight excluding hydrogens is 148 g/mol. The van der Waals surface area contributed by atoms with Crippen LogP contribution in [0, 0.1) is 17.8 Å². The summed E-state index contributed by atoms with van der Waals surface area (Å²) in [7, 11) is 0. The van der Waals surface area contributed by atoms with Crippen LogP contribution in [-0.2, 0) is 9.53 Å². The van der Waals surface area contributed by atoms with Gasteiger partial charge in [-0.05, 0) is 12.3 Å². The number of hydrogen-bond donors (Lipinski definition) is 2. The third-order valence-electron chi connectivity index (χ3n) is 2.58. The summed E-state index contributed by atoms with van der Waals surface area (Å²) in [6, 6.07) is 0. The number of aliphatic hydroxyl groups excluding tert-OH is 1. The van der Waals surface area contributed by atoms with Crippen LogP contribution in [0.3, 0.4) is 0 Å². The number of rotatable bonds is 1. The lowest BCUT2D eigenvalue weighted by Gasteiger charge is -2.15. The van der Waals surface area contributed by atoms with Crippen LogP contribution in [0.2, 0.25) is 0 Å². The highest BCUT2D eigenvalue weighted by atomic mass is 16.6. The molecule has 0 aromatic carbocycles. The topological polar surface area (TPSA) is 66.8 Å². The molecule has 1 saturated carbocycles. The highest BCUT2D eigenvalue weighted by Gasteiger charge is 2.60.